The predicted octanol–water partition coefficient (Wildman–Crippen LogP) is 1.82. The highest BCUT2D eigenvalue weighted by Crippen LogP contribution is 2.23. The first-order valence-electron chi connectivity index (χ1n) is 7.44. The quantitative estimate of drug-likeness (QED) is 0.931. The summed E-state index contributed by atoms with van der Waals surface area (Å²) in [6, 6.07) is 7.71. The molecular formula is C15H19N3O3S. The maximum Gasteiger partial charge on any atom is 0.226 e. The Bertz CT molecular complexity index is 811. The van der Waals surface area contributed by atoms with Gasteiger partial charge in [0.15, 0.2) is 9.84 Å². The third-order valence-electron chi connectivity index (χ3n) is 4.02. The first kappa shape index (κ1) is 15.0. The van der Waals surface area contributed by atoms with Crippen LogP contribution in [-0.2, 0) is 21.2 Å². The third kappa shape index (κ3) is 2.99. The summed E-state index contributed by atoms with van der Waals surface area (Å²) in [4.78, 5) is 16.6. The molecule has 1 N–H and O–H groups in total. The number of carbonyl (C=O) groups excluding carboxylic acids is 1. The number of aryl methyl sites for hydroxylation is 1. The van der Waals surface area contributed by atoms with Crippen LogP contribution < -0.4 is 5.32 Å². The van der Waals surface area contributed by atoms with E-state index in [1.54, 1.807) is 0 Å². The molecule has 0 spiro atoms. The van der Waals surface area contributed by atoms with Crippen LogP contribution in [0.15, 0.2) is 24.3 Å². The van der Waals surface area contributed by atoms with Gasteiger partial charge in [0, 0.05) is 13.0 Å². The van der Waals surface area contributed by atoms with Crippen molar-refractivity contribution < 1.29 is 13.2 Å². The number of hydrogen-bond donors (Lipinski definition) is 1. The average Bonchev–Trinajstić information content (AvgIpc) is 2.97. The number of hydrogen-bond acceptors (Lipinski definition) is 4. The molecule has 1 atom stereocenters. The Hall–Kier alpha value is -1.89. The summed E-state index contributed by atoms with van der Waals surface area (Å²) in [7, 11) is -2.95. The van der Waals surface area contributed by atoms with Crippen molar-refractivity contribution in [1.29, 1.82) is 0 Å². The van der Waals surface area contributed by atoms with Gasteiger partial charge in [-0.2, -0.15) is 0 Å². The minimum absolute atomic E-state index is 0.0792. The largest absolute Gasteiger partial charge is 0.310 e. The SMILES string of the molecule is CCn1c(NC(=O)CC2CCS(=O)(=O)C2)nc2ccccc21. The van der Waals surface area contributed by atoms with Gasteiger partial charge < -0.3 is 4.57 Å². The van der Waals surface area contributed by atoms with E-state index in [0.29, 0.717) is 18.9 Å². The Kier molecular flexibility index (Phi) is 3.90. The van der Waals surface area contributed by atoms with Crippen molar-refractivity contribution in [2.75, 3.05) is 16.8 Å². The zero-order chi connectivity index (χ0) is 15.7. The fraction of sp³-hybridized carbons (Fsp3) is 0.467. The molecule has 0 saturated carbocycles. The van der Waals surface area contributed by atoms with Gasteiger partial charge in [0.25, 0.3) is 0 Å². The topological polar surface area (TPSA) is 81.1 Å². The van der Waals surface area contributed by atoms with Crippen molar-refractivity contribution in [3.05, 3.63) is 24.3 Å². The number of nitrogens with one attached hydrogen (secondary N) is 1. The van der Waals surface area contributed by atoms with Gasteiger partial charge in [-0.25, -0.2) is 13.4 Å². The number of amides is 1. The van der Waals surface area contributed by atoms with Crippen LogP contribution in [0.3, 0.4) is 0 Å². The Balaban J connectivity index is 1.74. The van der Waals surface area contributed by atoms with E-state index in [2.05, 4.69) is 10.3 Å². The van der Waals surface area contributed by atoms with E-state index in [1.165, 1.54) is 0 Å². The summed E-state index contributed by atoms with van der Waals surface area (Å²) < 4.78 is 24.8. The van der Waals surface area contributed by atoms with Crippen LogP contribution in [0.1, 0.15) is 19.8 Å². The van der Waals surface area contributed by atoms with Crippen molar-refractivity contribution in [3.8, 4) is 0 Å². The minimum atomic E-state index is -2.95. The fourth-order valence-corrected chi connectivity index (χ4v) is 4.82. The lowest BCUT2D eigenvalue weighted by Gasteiger charge is -2.10. The van der Waals surface area contributed by atoms with E-state index < -0.39 is 9.84 Å². The van der Waals surface area contributed by atoms with Crippen LogP contribution in [0.5, 0.6) is 0 Å². The molecule has 6 nitrogen and oxygen atoms in total. The summed E-state index contributed by atoms with van der Waals surface area (Å²) in [5.74, 6) is 0.578. The molecule has 7 heteroatoms. The minimum Gasteiger partial charge on any atom is -0.310 e. The molecule has 2 heterocycles. The molecule has 0 aliphatic carbocycles. The Morgan fingerprint density at radius 1 is 1.41 bits per heavy atom. The van der Waals surface area contributed by atoms with Gasteiger partial charge in [-0.3, -0.25) is 10.1 Å². The highest BCUT2D eigenvalue weighted by atomic mass is 32.2. The molecule has 2 aromatic rings. The Morgan fingerprint density at radius 2 is 2.18 bits per heavy atom. The molecule has 1 aromatic heterocycles. The van der Waals surface area contributed by atoms with E-state index in [9.17, 15) is 13.2 Å². The van der Waals surface area contributed by atoms with Gasteiger partial charge in [-0.1, -0.05) is 12.1 Å². The van der Waals surface area contributed by atoms with Crippen LogP contribution in [0.2, 0.25) is 0 Å². The molecule has 1 saturated heterocycles. The molecule has 0 bridgehead atoms. The molecule has 1 aliphatic heterocycles. The van der Waals surface area contributed by atoms with Crippen LogP contribution in [0.4, 0.5) is 5.95 Å². The summed E-state index contributed by atoms with van der Waals surface area (Å²) in [6.07, 6.45) is 0.798. The van der Waals surface area contributed by atoms with Gasteiger partial charge in [0.05, 0.1) is 22.5 Å². The lowest BCUT2D eigenvalue weighted by Crippen LogP contribution is -2.19. The van der Waals surface area contributed by atoms with Crippen LogP contribution in [0, 0.1) is 5.92 Å². The van der Waals surface area contributed by atoms with Gasteiger partial charge in [-0.05, 0) is 31.4 Å². The number of carbonyl (C=O) groups is 1. The third-order valence-corrected chi connectivity index (χ3v) is 5.86. The smallest absolute Gasteiger partial charge is 0.226 e. The number of sulfone groups is 1. The second kappa shape index (κ2) is 5.72. The van der Waals surface area contributed by atoms with E-state index in [-0.39, 0.29) is 29.8 Å². The van der Waals surface area contributed by atoms with E-state index in [1.807, 2.05) is 35.8 Å². The summed E-state index contributed by atoms with van der Waals surface area (Å²) in [6.45, 7) is 2.70. The van der Waals surface area contributed by atoms with Crippen molar-refractivity contribution in [2.45, 2.75) is 26.3 Å². The molecule has 118 valence electrons. The highest BCUT2D eigenvalue weighted by Gasteiger charge is 2.29. The fourth-order valence-electron chi connectivity index (χ4n) is 2.96. The maximum absolute atomic E-state index is 12.2. The number of benzene rings is 1. The monoisotopic (exact) mass is 321 g/mol. The molecule has 22 heavy (non-hydrogen) atoms. The van der Waals surface area contributed by atoms with Gasteiger partial charge >= 0.3 is 0 Å². The van der Waals surface area contributed by atoms with Gasteiger partial charge in [0.2, 0.25) is 11.9 Å². The zero-order valence-corrected chi connectivity index (χ0v) is 13.3. The van der Waals surface area contributed by atoms with E-state index >= 15 is 0 Å². The molecule has 3 rings (SSSR count). The maximum atomic E-state index is 12.2. The highest BCUT2D eigenvalue weighted by molar-refractivity contribution is 7.91. The van der Waals surface area contributed by atoms with Crippen molar-refractivity contribution in [2.24, 2.45) is 5.92 Å². The van der Waals surface area contributed by atoms with Crippen molar-refractivity contribution >= 4 is 32.7 Å². The lowest BCUT2D eigenvalue weighted by atomic mass is 10.1. The molecule has 1 aromatic carbocycles. The Morgan fingerprint density at radius 3 is 2.86 bits per heavy atom. The summed E-state index contributed by atoms with van der Waals surface area (Å²) in [5, 5.41) is 2.82. The standard InChI is InChI=1S/C15H19N3O3S/c1-2-18-13-6-4-3-5-12(13)16-15(18)17-14(19)9-11-7-8-22(20,21)10-11/h3-6,11H,2,7-10H2,1H3,(H,16,17,19). The average molecular weight is 321 g/mol. The van der Waals surface area contributed by atoms with Crippen molar-refractivity contribution in [3.63, 3.8) is 0 Å². The summed E-state index contributed by atoms with van der Waals surface area (Å²) >= 11 is 0. The number of anilines is 1. The number of aromatic nitrogens is 2. The Labute approximate surface area is 129 Å². The number of nitrogens with zero attached hydrogens (tertiary/aromatic N) is 2. The number of imidazole rings is 1. The first-order chi connectivity index (χ1) is 10.5. The van der Waals surface area contributed by atoms with Crippen LogP contribution in [0.25, 0.3) is 11.0 Å². The van der Waals surface area contributed by atoms with Crippen LogP contribution in [-0.4, -0.2) is 35.4 Å². The molecule has 1 unspecified atom stereocenters. The first-order valence-corrected chi connectivity index (χ1v) is 9.26. The predicted molar refractivity (Wildman–Crippen MR) is 85.4 cm³/mol. The van der Waals surface area contributed by atoms with Crippen molar-refractivity contribution in [1.82, 2.24) is 9.55 Å². The second-order valence-electron chi connectivity index (χ2n) is 5.69. The number of fused-ring (bicyclic) bond motifs is 1. The number of para-hydroxylation sites is 2. The molecule has 1 fully saturated rings. The normalized spacial score (nSPS) is 20.3. The summed E-state index contributed by atoms with van der Waals surface area (Å²) in [5.41, 5.74) is 1.81. The van der Waals surface area contributed by atoms with E-state index in [4.69, 9.17) is 0 Å². The van der Waals surface area contributed by atoms with Gasteiger partial charge in [0.1, 0.15) is 0 Å². The number of rotatable bonds is 4. The van der Waals surface area contributed by atoms with Gasteiger partial charge in [-0.15, -0.1) is 0 Å². The van der Waals surface area contributed by atoms with E-state index in [0.717, 1.165) is 11.0 Å². The molecule has 1 amide bonds. The lowest BCUT2D eigenvalue weighted by molar-refractivity contribution is -0.117. The molecule has 1 aliphatic rings. The molecule has 0 radical (unpaired) electrons. The van der Waals surface area contributed by atoms with Crippen LogP contribution >= 0.6 is 0 Å². The zero-order valence-electron chi connectivity index (χ0n) is 12.4. The molecular weight excluding hydrogens is 302 g/mol. The second-order valence-corrected chi connectivity index (χ2v) is 7.92.